The third-order valence-electron chi connectivity index (χ3n) is 4.06. The van der Waals surface area contributed by atoms with Crippen molar-refractivity contribution < 1.29 is 14.0 Å². The number of hydrogen-bond acceptors (Lipinski definition) is 4. The SMILES string of the molecule is CC(CCCN1C(=O)CNC1=O)Nc1ccnc2cc(F)ccc12. The molecule has 1 saturated heterocycles. The Labute approximate surface area is 139 Å². The average molecular weight is 330 g/mol. The van der Waals surface area contributed by atoms with Gasteiger partial charge in [-0.2, -0.15) is 0 Å². The van der Waals surface area contributed by atoms with Crippen molar-refractivity contribution >= 4 is 28.5 Å². The molecule has 0 spiro atoms. The van der Waals surface area contributed by atoms with Crippen LogP contribution in [0.15, 0.2) is 30.5 Å². The fourth-order valence-corrected chi connectivity index (χ4v) is 2.82. The summed E-state index contributed by atoms with van der Waals surface area (Å²) in [5.74, 6) is -0.489. The van der Waals surface area contributed by atoms with E-state index in [4.69, 9.17) is 0 Å². The Kier molecular flexibility index (Phi) is 4.59. The molecule has 2 aromatic rings. The standard InChI is InChI=1S/C17H19FN4O2/c1-11(3-2-8-22-16(23)10-20-17(22)24)21-14-6-7-19-15-9-12(18)4-5-13(14)15/h4-7,9,11H,2-3,8,10H2,1H3,(H,19,21)(H,20,24). The number of aromatic nitrogens is 1. The molecule has 1 aliphatic rings. The van der Waals surface area contributed by atoms with E-state index in [0.717, 1.165) is 17.5 Å². The molecule has 7 heteroatoms. The fraction of sp³-hybridized carbons (Fsp3) is 0.353. The normalized spacial score (nSPS) is 15.7. The second-order valence-electron chi connectivity index (χ2n) is 5.91. The highest BCUT2D eigenvalue weighted by molar-refractivity contribution is 6.01. The first-order chi connectivity index (χ1) is 11.5. The van der Waals surface area contributed by atoms with Crippen LogP contribution >= 0.6 is 0 Å². The number of amides is 3. The highest BCUT2D eigenvalue weighted by Gasteiger charge is 2.27. The van der Waals surface area contributed by atoms with Gasteiger partial charge in [-0.3, -0.25) is 14.7 Å². The van der Waals surface area contributed by atoms with Gasteiger partial charge in [-0.05, 0) is 38.0 Å². The number of nitrogens with one attached hydrogen (secondary N) is 2. The van der Waals surface area contributed by atoms with Crippen LogP contribution in [0.2, 0.25) is 0 Å². The van der Waals surface area contributed by atoms with Crippen LogP contribution in [0.25, 0.3) is 10.9 Å². The van der Waals surface area contributed by atoms with Gasteiger partial charge < -0.3 is 10.6 Å². The number of benzene rings is 1. The Hall–Kier alpha value is -2.70. The van der Waals surface area contributed by atoms with Gasteiger partial charge in [0.1, 0.15) is 5.82 Å². The van der Waals surface area contributed by atoms with Crippen molar-refractivity contribution in [1.82, 2.24) is 15.2 Å². The average Bonchev–Trinajstić information content (AvgIpc) is 2.86. The summed E-state index contributed by atoms with van der Waals surface area (Å²) in [7, 11) is 0. The Bertz CT molecular complexity index is 764. The topological polar surface area (TPSA) is 74.3 Å². The molecule has 24 heavy (non-hydrogen) atoms. The number of fused-ring (bicyclic) bond motifs is 1. The lowest BCUT2D eigenvalue weighted by Crippen LogP contribution is -2.32. The minimum Gasteiger partial charge on any atom is -0.382 e. The van der Waals surface area contributed by atoms with Crippen molar-refractivity contribution in [1.29, 1.82) is 0 Å². The van der Waals surface area contributed by atoms with Crippen LogP contribution in [0, 0.1) is 5.82 Å². The molecule has 0 bridgehead atoms. The maximum Gasteiger partial charge on any atom is 0.324 e. The monoisotopic (exact) mass is 330 g/mol. The Balaban J connectivity index is 1.58. The molecule has 0 radical (unpaired) electrons. The molecule has 126 valence electrons. The zero-order valence-corrected chi connectivity index (χ0v) is 13.4. The smallest absolute Gasteiger partial charge is 0.324 e. The zero-order chi connectivity index (χ0) is 17.1. The van der Waals surface area contributed by atoms with E-state index in [0.29, 0.717) is 18.5 Å². The molecule has 3 amide bonds. The van der Waals surface area contributed by atoms with E-state index in [1.165, 1.54) is 17.0 Å². The molecule has 0 aliphatic carbocycles. The molecule has 6 nitrogen and oxygen atoms in total. The molecule has 0 saturated carbocycles. The first kappa shape index (κ1) is 16.2. The second kappa shape index (κ2) is 6.82. The number of pyridine rings is 1. The van der Waals surface area contributed by atoms with Gasteiger partial charge in [-0.15, -0.1) is 0 Å². The molecule has 3 rings (SSSR count). The molecule has 1 aromatic heterocycles. The van der Waals surface area contributed by atoms with Gasteiger partial charge in [0.15, 0.2) is 0 Å². The predicted octanol–water partition coefficient (Wildman–Crippen LogP) is 2.51. The Morgan fingerprint density at radius 1 is 1.38 bits per heavy atom. The Morgan fingerprint density at radius 3 is 2.96 bits per heavy atom. The molecule has 1 aromatic carbocycles. The molecule has 1 fully saturated rings. The lowest BCUT2D eigenvalue weighted by atomic mass is 10.1. The van der Waals surface area contributed by atoms with E-state index in [2.05, 4.69) is 15.6 Å². The van der Waals surface area contributed by atoms with E-state index >= 15 is 0 Å². The number of halogens is 1. The van der Waals surface area contributed by atoms with Gasteiger partial charge in [0.25, 0.3) is 0 Å². The van der Waals surface area contributed by atoms with Crippen molar-refractivity contribution in [2.45, 2.75) is 25.8 Å². The van der Waals surface area contributed by atoms with Crippen LogP contribution in [-0.4, -0.2) is 41.0 Å². The fourth-order valence-electron chi connectivity index (χ4n) is 2.82. The van der Waals surface area contributed by atoms with Crippen LogP contribution in [0.5, 0.6) is 0 Å². The van der Waals surface area contributed by atoms with Crippen molar-refractivity contribution in [3.63, 3.8) is 0 Å². The van der Waals surface area contributed by atoms with Crippen LogP contribution in [0.4, 0.5) is 14.9 Å². The Morgan fingerprint density at radius 2 is 2.21 bits per heavy atom. The van der Waals surface area contributed by atoms with Gasteiger partial charge in [0.2, 0.25) is 5.91 Å². The van der Waals surface area contributed by atoms with Crippen LogP contribution in [0.1, 0.15) is 19.8 Å². The lowest BCUT2D eigenvalue weighted by Gasteiger charge is -2.18. The summed E-state index contributed by atoms with van der Waals surface area (Å²) in [4.78, 5) is 28.4. The largest absolute Gasteiger partial charge is 0.382 e. The predicted molar refractivity (Wildman–Crippen MR) is 89.1 cm³/mol. The van der Waals surface area contributed by atoms with E-state index in [1.807, 2.05) is 13.0 Å². The molecule has 1 atom stereocenters. The van der Waals surface area contributed by atoms with E-state index in [9.17, 15) is 14.0 Å². The number of imide groups is 1. The summed E-state index contributed by atoms with van der Waals surface area (Å²) >= 11 is 0. The lowest BCUT2D eigenvalue weighted by molar-refractivity contribution is -0.125. The number of hydrogen-bond donors (Lipinski definition) is 2. The third kappa shape index (κ3) is 3.45. The molecule has 1 unspecified atom stereocenters. The van der Waals surface area contributed by atoms with Gasteiger partial charge in [0.05, 0.1) is 12.1 Å². The van der Waals surface area contributed by atoms with Gasteiger partial charge >= 0.3 is 6.03 Å². The first-order valence-electron chi connectivity index (χ1n) is 7.93. The minimum absolute atomic E-state index is 0.0895. The molecular weight excluding hydrogens is 311 g/mol. The molecule has 2 N–H and O–H groups in total. The van der Waals surface area contributed by atoms with Crippen LogP contribution in [-0.2, 0) is 4.79 Å². The second-order valence-corrected chi connectivity index (χ2v) is 5.91. The summed E-state index contributed by atoms with van der Waals surface area (Å²) in [6.07, 6.45) is 3.15. The van der Waals surface area contributed by atoms with E-state index in [1.54, 1.807) is 12.3 Å². The molecule has 1 aliphatic heterocycles. The van der Waals surface area contributed by atoms with Crippen molar-refractivity contribution in [2.24, 2.45) is 0 Å². The van der Waals surface area contributed by atoms with Gasteiger partial charge in [-0.1, -0.05) is 0 Å². The van der Waals surface area contributed by atoms with Gasteiger partial charge in [0, 0.05) is 35.9 Å². The number of rotatable bonds is 6. The van der Waals surface area contributed by atoms with Crippen molar-refractivity contribution in [3.05, 3.63) is 36.3 Å². The molecule has 2 heterocycles. The quantitative estimate of drug-likeness (QED) is 0.798. The minimum atomic E-state index is -0.317. The highest BCUT2D eigenvalue weighted by atomic mass is 19.1. The highest BCUT2D eigenvalue weighted by Crippen LogP contribution is 2.23. The van der Waals surface area contributed by atoms with Crippen LogP contribution in [0.3, 0.4) is 0 Å². The van der Waals surface area contributed by atoms with Crippen LogP contribution < -0.4 is 10.6 Å². The van der Waals surface area contributed by atoms with E-state index in [-0.39, 0.29) is 30.3 Å². The summed E-state index contributed by atoms with van der Waals surface area (Å²) in [5.41, 5.74) is 1.49. The van der Waals surface area contributed by atoms with Crippen molar-refractivity contribution in [2.75, 3.05) is 18.4 Å². The summed E-state index contributed by atoms with van der Waals surface area (Å²) in [5, 5.41) is 6.75. The number of carbonyl (C=O) groups excluding carboxylic acids is 2. The zero-order valence-electron chi connectivity index (χ0n) is 13.4. The summed E-state index contributed by atoms with van der Waals surface area (Å²) in [6, 6.07) is 6.21. The number of nitrogens with zero attached hydrogens (tertiary/aromatic N) is 2. The number of carbonyl (C=O) groups is 2. The number of anilines is 1. The van der Waals surface area contributed by atoms with E-state index < -0.39 is 0 Å². The first-order valence-corrected chi connectivity index (χ1v) is 7.93. The third-order valence-corrected chi connectivity index (χ3v) is 4.06. The molecular formula is C17H19FN4O2. The summed E-state index contributed by atoms with van der Waals surface area (Å²) < 4.78 is 13.3. The number of urea groups is 1. The maximum atomic E-state index is 13.3. The van der Waals surface area contributed by atoms with Gasteiger partial charge in [-0.25, -0.2) is 9.18 Å². The maximum absolute atomic E-state index is 13.3. The summed E-state index contributed by atoms with van der Waals surface area (Å²) in [6.45, 7) is 2.53. The van der Waals surface area contributed by atoms with Crippen molar-refractivity contribution in [3.8, 4) is 0 Å².